The molecule has 0 aliphatic rings. The zero-order chi connectivity index (χ0) is 15.8. The van der Waals surface area contributed by atoms with Crippen LogP contribution in [-0.4, -0.2) is 24.9 Å². The lowest BCUT2D eigenvalue weighted by molar-refractivity contribution is 0.326. The van der Waals surface area contributed by atoms with Crippen LogP contribution >= 0.6 is 0 Å². The van der Waals surface area contributed by atoms with Crippen molar-refractivity contribution in [3.05, 3.63) is 48.5 Å². The van der Waals surface area contributed by atoms with Gasteiger partial charge in [-0.1, -0.05) is 12.7 Å². The molecule has 1 aromatic carbocycles. The highest BCUT2D eigenvalue weighted by Gasteiger charge is 2.06. The van der Waals surface area contributed by atoms with Gasteiger partial charge in [0.15, 0.2) is 17.9 Å². The number of rotatable bonds is 7. The maximum atomic E-state index is 8.79. The summed E-state index contributed by atoms with van der Waals surface area (Å²) in [4.78, 5) is 3.72. The number of hydrogen-bond donors (Lipinski definition) is 1. The Morgan fingerprint density at radius 1 is 1.50 bits per heavy atom. The summed E-state index contributed by atoms with van der Waals surface area (Å²) in [6.45, 7) is 3.99. The molecule has 0 aliphatic heterocycles. The topological polar surface area (TPSA) is 92.7 Å². The Morgan fingerprint density at radius 2 is 2.36 bits per heavy atom. The molecule has 0 spiro atoms. The Bertz CT molecular complexity index is 716. The quantitative estimate of drug-likeness (QED) is 0.480. The average molecular weight is 298 g/mol. The lowest BCUT2D eigenvalue weighted by atomic mass is 10.2. The lowest BCUT2D eigenvalue weighted by Gasteiger charge is -2.09. The van der Waals surface area contributed by atoms with E-state index in [4.69, 9.17) is 19.2 Å². The number of nitriles is 1. The van der Waals surface area contributed by atoms with Crippen LogP contribution in [0.2, 0.25) is 0 Å². The maximum Gasteiger partial charge on any atom is 0.251 e. The fourth-order valence-corrected chi connectivity index (χ4v) is 1.60. The fourth-order valence-electron chi connectivity index (χ4n) is 1.60. The van der Waals surface area contributed by atoms with Gasteiger partial charge in [-0.25, -0.2) is 10.4 Å². The zero-order valence-corrected chi connectivity index (χ0v) is 11.9. The van der Waals surface area contributed by atoms with Gasteiger partial charge in [-0.15, -0.1) is 0 Å². The van der Waals surface area contributed by atoms with Crippen molar-refractivity contribution in [3.63, 3.8) is 0 Å². The number of ether oxygens (including phenoxy) is 2. The third-order valence-corrected chi connectivity index (χ3v) is 2.60. The first-order valence-electron chi connectivity index (χ1n) is 6.33. The molecule has 2 aromatic rings. The second kappa shape index (κ2) is 7.50. The molecule has 1 heterocycles. The van der Waals surface area contributed by atoms with E-state index in [0.717, 1.165) is 5.56 Å². The van der Waals surface area contributed by atoms with E-state index in [-0.39, 0.29) is 11.6 Å². The summed E-state index contributed by atoms with van der Waals surface area (Å²) < 4.78 is 15.7. The first-order valence-corrected chi connectivity index (χ1v) is 6.33. The highest BCUT2D eigenvalue weighted by molar-refractivity contribution is 5.81. The van der Waals surface area contributed by atoms with Crippen LogP contribution in [0.25, 0.3) is 0 Å². The number of hydrazone groups is 1. The van der Waals surface area contributed by atoms with Crippen LogP contribution in [0, 0.1) is 11.3 Å². The van der Waals surface area contributed by atoms with Crippen molar-refractivity contribution in [1.82, 2.24) is 4.98 Å². The fraction of sp³-hybridized carbons (Fsp3) is 0.133. The summed E-state index contributed by atoms with van der Waals surface area (Å²) in [5.74, 6) is 1.40. The highest BCUT2D eigenvalue weighted by atomic mass is 16.5. The molecule has 1 aromatic heterocycles. The van der Waals surface area contributed by atoms with Crippen molar-refractivity contribution in [1.29, 1.82) is 5.26 Å². The van der Waals surface area contributed by atoms with Gasteiger partial charge in [0.05, 0.1) is 13.3 Å². The van der Waals surface area contributed by atoms with Crippen molar-refractivity contribution in [2.24, 2.45) is 5.10 Å². The molecule has 0 bridgehead atoms. The van der Waals surface area contributed by atoms with Gasteiger partial charge in [-0.05, 0) is 23.8 Å². The van der Waals surface area contributed by atoms with Crippen molar-refractivity contribution in [2.45, 2.75) is 0 Å². The standard InChI is InChI=1S/C15H14N4O3/c1-3-6-21-13-5-4-11(7-14(13)20-2)9-18-19-15-12(8-16)17-10-22-15/h3-5,7,9-10,19H,1,6H2,2H3. The number of nitrogens with one attached hydrogen (secondary N) is 1. The van der Waals surface area contributed by atoms with Gasteiger partial charge in [-0.2, -0.15) is 10.4 Å². The molecule has 0 aliphatic carbocycles. The normalized spacial score (nSPS) is 10.2. The van der Waals surface area contributed by atoms with Crippen LogP contribution in [0.15, 0.2) is 46.8 Å². The van der Waals surface area contributed by atoms with E-state index < -0.39 is 0 Å². The Kier molecular flexibility index (Phi) is 5.15. The smallest absolute Gasteiger partial charge is 0.251 e. The number of anilines is 1. The van der Waals surface area contributed by atoms with Gasteiger partial charge < -0.3 is 13.9 Å². The molecule has 1 N–H and O–H groups in total. The summed E-state index contributed by atoms with van der Waals surface area (Å²) in [6, 6.07) is 7.25. The van der Waals surface area contributed by atoms with E-state index >= 15 is 0 Å². The van der Waals surface area contributed by atoms with Crippen molar-refractivity contribution in [2.75, 3.05) is 19.1 Å². The Morgan fingerprint density at radius 3 is 3.09 bits per heavy atom. The Hall–Kier alpha value is -3.27. The molecule has 0 radical (unpaired) electrons. The van der Waals surface area contributed by atoms with Crippen LogP contribution < -0.4 is 14.9 Å². The third kappa shape index (κ3) is 3.64. The summed E-state index contributed by atoms with van der Waals surface area (Å²) >= 11 is 0. The van der Waals surface area contributed by atoms with Crippen LogP contribution in [0.3, 0.4) is 0 Å². The second-order valence-electron chi connectivity index (χ2n) is 4.02. The number of benzene rings is 1. The molecule has 0 unspecified atom stereocenters. The molecule has 7 heteroatoms. The first kappa shape index (κ1) is 15.1. The number of methoxy groups -OCH3 is 1. The lowest BCUT2D eigenvalue weighted by Crippen LogP contribution is -1.97. The molecule has 0 fully saturated rings. The molecular weight excluding hydrogens is 284 g/mol. The summed E-state index contributed by atoms with van der Waals surface area (Å²) in [5.41, 5.74) is 3.54. The van der Waals surface area contributed by atoms with E-state index in [9.17, 15) is 0 Å². The van der Waals surface area contributed by atoms with Gasteiger partial charge in [-0.3, -0.25) is 0 Å². The molecule has 0 saturated carbocycles. The van der Waals surface area contributed by atoms with Gasteiger partial charge in [0.2, 0.25) is 5.69 Å². The molecule has 112 valence electrons. The van der Waals surface area contributed by atoms with E-state index in [1.807, 2.05) is 12.1 Å². The van der Waals surface area contributed by atoms with Crippen molar-refractivity contribution >= 4 is 12.1 Å². The third-order valence-electron chi connectivity index (χ3n) is 2.60. The zero-order valence-electron chi connectivity index (χ0n) is 11.9. The van der Waals surface area contributed by atoms with Gasteiger partial charge in [0.25, 0.3) is 5.88 Å². The second-order valence-corrected chi connectivity index (χ2v) is 4.02. The molecule has 0 amide bonds. The minimum atomic E-state index is 0.142. The average Bonchev–Trinajstić information content (AvgIpc) is 3.01. The van der Waals surface area contributed by atoms with E-state index in [1.165, 1.54) is 6.39 Å². The number of nitrogens with zero attached hydrogens (tertiary/aromatic N) is 3. The molecular formula is C15H14N4O3. The Labute approximate surface area is 127 Å². The summed E-state index contributed by atoms with van der Waals surface area (Å²) in [7, 11) is 1.56. The van der Waals surface area contributed by atoms with Gasteiger partial charge >= 0.3 is 0 Å². The number of oxazole rings is 1. The van der Waals surface area contributed by atoms with Crippen molar-refractivity contribution < 1.29 is 13.9 Å². The minimum Gasteiger partial charge on any atom is -0.493 e. The van der Waals surface area contributed by atoms with Gasteiger partial charge in [0, 0.05) is 0 Å². The first-order chi connectivity index (χ1) is 10.8. The largest absolute Gasteiger partial charge is 0.493 e. The Balaban J connectivity index is 2.08. The van der Waals surface area contributed by atoms with Gasteiger partial charge in [0.1, 0.15) is 12.7 Å². The predicted octanol–water partition coefficient (Wildman–Crippen LogP) is 2.57. The summed E-state index contributed by atoms with van der Waals surface area (Å²) in [6.07, 6.45) is 4.39. The molecule has 2 rings (SSSR count). The molecule has 0 saturated heterocycles. The van der Waals surface area contributed by atoms with Crippen LogP contribution in [0.4, 0.5) is 5.88 Å². The highest BCUT2D eigenvalue weighted by Crippen LogP contribution is 2.27. The van der Waals surface area contributed by atoms with E-state index in [1.54, 1.807) is 31.5 Å². The monoisotopic (exact) mass is 298 g/mol. The minimum absolute atomic E-state index is 0.142. The number of aromatic nitrogens is 1. The number of hydrogen-bond acceptors (Lipinski definition) is 7. The summed E-state index contributed by atoms with van der Waals surface area (Å²) in [5, 5.41) is 12.8. The maximum absolute atomic E-state index is 8.79. The van der Waals surface area contributed by atoms with Crippen molar-refractivity contribution in [3.8, 4) is 17.6 Å². The van der Waals surface area contributed by atoms with Crippen LogP contribution in [-0.2, 0) is 0 Å². The van der Waals surface area contributed by atoms with E-state index in [2.05, 4.69) is 22.1 Å². The van der Waals surface area contributed by atoms with E-state index in [0.29, 0.717) is 18.1 Å². The van der Waals surface area contributed by atoms with Crippen LogP contribution in [0.5, 0.6) is 11.5 Å². The molecule has 0 atom stereocenters. The molecule has 7 nitrogen and oxygen atoms in total. The predicted molar refractivity (Wildman–Crippen MR) is 81.1 cm³/mol. The molecule has 22 heavy (non-hydrogen) atoms. The van der Waals surface area contributed by atoms with Crippen LogP contribution in [0.1, 0.15) is 11.3 Å². The SMILES string of the molecule is C=CCOc1ccc(C=NNc2ocnc2C#N)cc1OC.